The normalized spacial score (nSPS) is 13.3. The van der Waals surface area contributed by atoms with Gasteiger partial charge in [-0.2, -0.15) is 4.72 Å². The van der Waals surface area contributed by atoms with E-state index < -0.39 is 28.6 Å². The number of nitrogens with one attached hydrogen (secondary N) is 1. The molecule has 0 aliphatic carbocycles. The lowest BCUT2D eigenvalue weighted by atomic mass is 10.3. The van der Waals surface area contributed by atoms with Crippen LogP contribution in [-0.2, 0) is 14.8 Å². The van der Waals surface area contributed by atoms with Gasteiger partial charge in [0.25, 0.3) is 0 Å². The van der Waals surface area contributed by atoms with Gasteiger partial charge in [-0.1, -0.05) is 12.1 Å². The van der Waals surface area contributed by atoms with Crippen LogP contribution in [0.5, 0.6) is 0 Å². The molecule has 0 aliphatic heterocycles. The zero-order valence-electron chi connectivity index (χ0n) is 8.50. The number of sulfonamides is 1. The Labute approximate surface area is 106 Å². The molecule has 0 aliphatic rings. The van der Waals surface area contributed by atoms with Gasteiger partial charge in [0.2, 0.25) is 10.0 Å². The van der Waals surface area contributed by atoms with E-state index >= 15 is 0 Å². The highest BCUT2D eigenvalue weighted by atomic mass is 79.9. The number of carboxylic acid groups (broad SMARTS) is 1. The Bertz CT molecular complexity index is 516. The Hall–Kier alpha value is -0.960. The third kappa shape index (κ3) is 3.50. The number of carboxylic acids is 1. The fourth-order valence-electron chi connectivity index (χ4n) is 1.08. The van der Waals surface area contributed by atoms with Gasteiger partial charge in [0.05, 0.1) is 11.5 Å². The van der Waals surface area contributed by atoms with Crippen LogP contribution < -0.4 is 4.72 Å². The molecule has 0 bridgehead atoms. The molecule has 17 heavy (non-hydrogen) atoms. The molecule has 0 fully saturated rings. The van der Waals surface area contributed by atoms with Gasteiger partial charge in [-0.25, -0.2) is 8.42 Å². The first kappa shape index (κ1) is 14.1. The third-order valence-electron chi connectivity index (χ3n) is 1.90. The largest absolute Gasteiger partial charge is 0.480 e. The molecule has 0 amide bonds. The van der Waals surface area contributed by atoms with Gasteiger partial charge in [0.1, 0.15) is 6.04 Å². The van der Waals surface area contributed by atoms with Gasteiger partial charge in [0.15, 0.2) is 0 Å². The van der Waals surface area contributed by atoms with Crippen molar-refractivity contribution in [1.29, 1.82) is 0 Å². The molecule has 1 rings (SSSR count). The van der Waals surface area contributed by atoms with Crippen molar-refractivity contribution < 1.29 is 23.4 Å². The van der Waals surface area contributed by atoms with Gasteiger partial charge in [-0.05, 0) is 28.1 Å². The Balaban J connectivity index is 3.05. The minimum absolute atomic E-state index is 0.0836. The molecule has 0 heterocycles. The number of aliphatic hydroxyl groups excluding tert-OH is 1. The van der Waals surface area contributed by atoms with Gasteiger partial charge in [-0.15, -0.1) is 0 Å². The average Bonchev–Trinajstić information content (AvgIpc) is 2.26. The van der Waals surface area contributed by atoms with E-state index in [2.05, 4.69) is 15.9 Å². The van der Waals surface area contributed by atoms with Crippen LogP contribution in [0.15, 0.2) is 33.6 Å². The Morgan fingerprint density at radius 1 is 1.41 bits per heavy atom. The second-order valence-corrected chi connectivity index (χ2v) is 5.66. The molecular formula is C9H10BrNO5S. The van der Waals surface area contributed by atoms with Crippen molar-refractivity contribution >= 4 is 31.9 Å². The number of hydrogen-bond donors (Lipinski definition) is 3. The second-order valence-electron chi connectivity index (χ2n) is 3.13. The molecule has 1 aromatic rings. The molecule has 0 aromatic heterocycles. The number of rotatable bonds is 5. The predicted octanol–water partition coefficient (Wildman–Crippen LogP) is 0.173. The first-order chi connectivity index (χ1) is 7.88. The predicted molar refractivity (Wildman–Crippen MR) is 63.0 cm³/mol. The maximum atomic E-state index is 11.8. The van der Waals surface area contributed by atoms with Gasteiger partial charge in [0, 0.05) is 4.47 Å². The highest BCUT2D eigenvalue weighted by Crippen LogP contribution is 2.21. The van der Waals surface area contributed by atoms with Crippen LogP contribution >= 0.6 is 15.9 Å². The Morgan fingerprint density at radius 2 is 2.00 bits per heavy atom. The smallest absolute Gasteiger partial charge is 0.324 e. The molecule has 94 valence electrons. The molecular weight excluding hydrogens is 314 g/mol. The highest BCUT2D eigenvalue weighted by Gasteiger charge is 2.25. The van der Waals surface area contributed by atoms with Crippen molar-refractivity contribution in [1.82, 2.24) is 4.72 Å². The summed E-state index contributed by atoms with van der Waals surface area (Å²) in [6, 6.07) is 4.41. The molecule has 0 saturated heterocycles. The van der Waals surface area contributed by atoms with E-state index in [1.54, 1.807) is 6.07 Å². The molecule has 0 saturated carbocycles. The summed E-state index contributed by atoms with van der Waals surface area (Å²) in [6.45, 7) is -0.820. The van der Waals surface area contributed by atoms with Crippen molar-refractivity contribution in [3.63, 3.8) is 0 Å². The van der Waals surface area contributed by atoms with Crippen LogP contribution in [-0.4, -0.2) is 37.2 Å². The van der Waals surface area contributed by atoms with Crippen molar-refractivity contribution in [3.8, 4) is 0 Å². The number of benzene rings is 1. The van der Waals surface area contributed by atoms with E-state index in [1.165, 1.54) is 18.2 Å². The van der Waals surface area contributed by atoms with Crippen LogP contribution in [0.4, 0.5) is 0 Å². The Kier molecular flexibility index (Phi) is 4.63. The number of halogens is 1. The van der Waals surface area contributed by atoms with Crippen LogP contribution in [0.3, 0.4) is 0 Å². The number of aliphatic carboxylic acids is 1. The van der Waals surface area contributed by atoms with Crippen molar-refractivity contribution in [2.75, 3.05) is 6.61 Å². The summed E-state index contributed by atoms with van der Waals surface area (Å²) in [4.78, 5) is 10.5. The van der Waals surface area contributed by atoms with Crippen LogP contribution in [0.25, 0.3) is 0 Å². The topological polar surface area (TPSA) is 104 Å². The molecule has 0 unspecified atom stereocenters. The molecule has 6 nitrogen and oxygen atoms in total. The molecule has 0 spiro atoms. The highest BCUT2D eigenvalue weighted by molar-refractivity contribution is 9.10. The zero-order chi connectivity index (χ0) is 13.1. The van der Waals surface area contributed by atoms with E-state index in [0.29, 0.717) is 4.47 Å². The summed E-state index contributed by atoms with van der Waals surface area (Å²) in [5.41, 5.74) is 0. The fourth-order valence-corrected chi connectivity index (χ4v) is 3.26. The molecule has 1 atom stereocenters. The van der Waals surface area contributed by atoms with Crippen molar-refractivity contribution in [3.05, 3.63) is 28.7 Å². The summed E-state index contributed by atoms with van der Waals surface area (Å²) in [5, 5.41) is 17.4. The third-order valence-corrected chi connectivity index (χ3v) is 4.39. The molecule has 8 heteroatoms. The maximum absolute atomic E-state index is 11.8. The number of hydrogen-bond acceptors (Lipinski definition) is 4. The SMILES string of the molecule is O=C(O)[C@@H](CO)NS(=O)(=O)c1ccccc1Br. The van der Waals surface area contributed by atoms with E-state index in [-0.39, 0.29) is 4.90 Å². The maximum Gasteiger partial charge on any atom is 0.324 e. The van der Waals surface area contributed by atoms with E-state index in [1.807, 2.05) is 4.72 Å². The van der Waals surface area contributed by atoms with Gasteiger partial charge < -0.3 is 10.2 Å². The molecule has 1 aromatic carbocycles. The first-order valence-electron chi connectivity index (χ1n) is 4.49. The lowest BCUT2D eigenvalue weighted by molar-refractivity contribution is -0.139. The average molecular weight is 324 g/mol. The van der Waals surface area contributed by atoms with E-state index in [4.69, 9.17) is 10.2 Å². The van der Waals surface area contributed by atoms with Crippen LogP contribution in [0.1, 0.15) is 0 Å². The number of aliphatic hydroxyl groups is 1. The second kappa shape index (κ2) is 5.58. The molecule has 3 N–H and O–H groups in total. The van der Waals surface area contributed by atoms with Gasteiger partial charge >= 0.3 is 5.97 Å². The van der Waals surface area contributed by atoms with Crippen molar-refractivity contribution in [2.24, 2.45) is 0 Å². The minimum Gasteiger partial charge on any atom is -0.480 e. The summed E-state index contributed by atoms with van der Waals surface area (Å²) in [6.07, 6.45) is 0. The Morgan fingerprint density at radius 3 is 2.47 bits per heavy atom. The monoisotopic (exact) mass is 323 g/mol. The minimum atomic E-state index is -3.98. The molecule has 0 radical (unpaired) electrons. The van der Waals surface area contributed by atoms with Crippen molar-refractivity contribution in [2.45, 2.75) is 10.9 Å². The van der Waals surface area contributed by atoms with E-state index in [9.17, 15) is 13.2 Å². The van der Waals surface area contributed by atoms with E-state index in [0.717, 1.165) is 0 Å². The summed E-state index contributed by atoms with van der Waals surface area (Å²) in [7, 11) is -3.98. The first-order valence-corrected chi connectivity index (χ1v) is 6.76. The summed E-state index contributed by atoms with van der Waals surface area (Å²) in [5.74, 6) is -1.44. The standard InChI is InChI=1S/C9H10BrNO5S/c10-6-3-1-2-4-8(6)17(15,16)11-7(5-12)9(13)14/h1-4,7,11-12H,5H2,(H,13,14)/t7-/m1/s1. The fraction of sp³-hybridized carbons (Fsp3) is 0.222. The van der Waals surface area contributed by atoms with Crippen LogP contribution in [0.2, 0.25) is 0 Å². The van der Waals surface area contributed by atoms with Gasteiger partial charge in [-0.3, -0.25) is 4.79 Å². The summed E-state index contributed by atoms with van der Waals surface area (Å²) >= 11 is 3.05. The quantitative estimate of drug-likeness (QED) is 0.716. The zero-order valence-corrected chi connectivity index (χ0v) is 10.9. The van der Waals surface area contributed by atoms with Crippen LogP contribution in [0, 0.1) is 0 Å². The lowest BCUT2D eigenvalue weighted by Crippen LogP contribution is -2.43. The lowest BCUT2D eigenvalue weighted by Gasteiger charge is -2.12. The number of carbonyl (C=O) groups is 1. The summed E-state index contributed by atoms with van der Waals surface area (Å²) < 4.78 is 25.8.